The number of rotatable bonds is 1. The smallest absolute Gasteiger partial charge is 0.225 e. The average molecular weight is 141 g/mol. The molecule has 0 saturated carbocycles. The summed E-state index contributed by atoms with van der Waals surface area (Å²) in [6.45, 7) is 5.91. The van der Waals surface area contributed by atoms with E-state index < -0.39 is 0 Å². The van der Waals surface area contributed by atoms with E-state index in [-0.39, 0.29) is 5.92 Å². The molecule has 0 N–H and O–H groups in total. The third kappa shape index (κ3) is 1.31. The van der Waals surface area contributed by atoms with Crippen molar-refractivity contribution in [2.45, 2.75) is 26.7 Å². The van der Waals surface area contributed by atoms with E-state index in [1.54, 1.807) is 0 Å². The number of likely N-dealkylation sites (tertiary alicyclic amines) is 1. The Balaban J connectivity index is 2.51. The standard InChI is InChI=1S/C8H15NO/c1-3-9-6-4-5-7(2)8(9)10/h7H,3-6H2,1-2H3/t7-/m0/s1. The Hall–Kier alpha value is -0.530. The lowest BCUT2D eigenvalue weighted by atomic mass is 9.99. The molecular formula is C8H15NO. The molecule has 1 saturated heterocycles. The van der Waals surface area contributed by atoms with Crippen LogP contribution in [0.4, 0.5) is 0 Å². The summed E-state index contributed by atoms with van der Waals surface area (Å²) in [6, 6.07) is 0. The van der Waals surface area contributed by atoms with Crippen molar-refractivity contribution in [3.63, 3.8) is 0 Å². The molecular weight excluding hydrogens is 126 g/mol. The Bertz CT molecular complexity index is 133. The quantitative estimate of drug-likeness (QED) is 0.538. The average Bonchev–Trinajstić information content (AvgIpc) is 1.95. The Morgan fingerprint density at radius 1 is 1.70 bits per heavy atom. The molecule has 0 bridgehead atoms. The molecule has 1 atom stereocenters. The minimum atomic E-state index is 0.272. The molecule has 0 spiro atoms. The highest BCUT2D eigenvalue weighted by Crippen LogP contribution is 2.16. The Morgan fingerprint density at radius 2 is 2.40 bits per heavy atom. The van der Waals surface area contributed by atoms with E-state index in [1.807, 2.05) is 18.7 Å². The summed E-state index contributed by atoms with van der Waals surface area (Å²) in [5.41, 5.74) is 0. The number of nitrogens with zero attached hydrogens (tertiary/aromatic N) is 1. The van der Waals surface area contributed by atoms with Gasteiger partial charge in [-0.15, -0.1) is 0 Å². The second kappa shape index (κ2) is 3.04. The number of piperidine rings is 1. The first-order valence-electron chi connectivity index (χ1n) is 4.04. The zero-order valence-corrected chi connectivity index (χ0v) is 6.76. The maximum Gasteiger partial charge on any atom is 0.225 e. The zero-order chi connectivity index (χ0) is 7.56. The van der Waals surface area contributed by atoms with Gasteiger partial charge < -0.3 is 4.90 Å². The second-order valence-corrected chi connectivity index (χ2v) is 2.96. The van der Waals surface area contributed by atoms with E-state index >= 15 is 0 Å². The summed E-state index contributed by atoms with van der Waals surface area (Å²) in [5, 5.41) is 0. The molecule has 0 unspecified atom stereocenters. The van der Waals surface area contributed by atoms with Crippen molar-refractivity contribution in [3.05, 3.63) is 0 Å². The first-order valence-corrected chi connectivity index (χ1v) is 4.04. The topological polar surface area (TPSA) is 20.3 Å². The predicted molar refractivity (Wildman–Crippen MR) is 40.7 cm³/mol. The molecule has 0 aromatic heterocycles. The first kappa shape index (κ1) is 7.58. The van der Waals surface area contributed by atoms with Crippen molar-refractivity contribution in [2.24, 2.45) is 5.92 Å². The van der Waals surface area contributed by atoms with Crippen LogP contribution in [0.1, 0.15) is 26.7 Å². The molecule has 0 radical (unpaired) electrons. The number of hydrogen-bond acceptors (Lipinski definition) is 1. The molecule has 1 rings (SSSR count). The van der Waals surface area contributed by atoms with Gasteiger partial charge in [-0.3, -0.25) is 4.79 Å². The molecule has 1 aliphatic heterocycles. The lowest BCUT2D eigenvalue weighted by Gasteiger charge is -2.29. The summed E-state index contributed by atoms with van der Waals surface area (Å²) in [6.07, 6.45) is 2.26. The molecule has 1 amide bonds. The monoisotopic (exact) mass is 141 g/mol. The van der Waals surface area contributed by atoms with Gasteiger partial charge in [0, 0.05) is 19.0 Å². The van der Waals surface area contributed by atoms with Crippen LogP contribution in [0.15, 0.2) is 0 Å². The summed E-state index contributed by atoms with van der Waals surface area (Å²) >= 11 is 0. The van der Waals surface area contributed by atoms with Crippen molar-refractivity contribution in [1.82, 2.24) is 4.90 Å². The van der Waals surface area contributed by atoms with Crippen molar-refractivity contribution in [3.8, 4) is 0 Å². The minimum Gasteiger partial charge on any atom is -0.343 e. The molecule has 0 aromatic carbocycles. The molecule has 1 fully saturated rings. The van der Waals surface area contributed by atoms with Crippen molar-refractivity contribution in [2.75, 3.05) is 13.1 Å². The van der Waals surface area contributed by atoms with Gasteiger partial charge in [0.2, 0.25) is 5.91 Å². The van der Waals surface area contributed by atoms with E-state index in [0.29, 0.717) is 5.91 Å². The van der Waals surface area contributed by atoms with Crippen molar-refractivity contribution in [1.29, 1.82) is 0 Å². The zero-order valence-electron chi connectivity index (χ0n) is 6.76. The summed E-state index contributed by atoms with van der Waals surface area (Å²) < 4.78 is 0. The van der Waals surface area contributed by atoms with Crippen LogP contribution in [0.5, 0.6) is 0 Å². The van der Waals surface area contributed by atoms with Gasteiger partial charge >= 0.3 is 0 Å². The van der Waals surface area contributed by atoms with Crippen LogP contribution in [0.2, 0.25) is 0 Å². The maximum absolute atomic E-state index is 11.3. The Kier molecular flexibility index (Phi) is 2.30. The largest absolute Gasteiger partial charge is 0.343 e. The van der Waals surface area contributed by atoms with Crippen LogP contribution in [-0.2, 0) is 4.79 Å². The molecule has 1 aliphatic rings. The van der Waals surface area contributed by atoms with Gasteiger partial charge in [-0.25, -0.2) is 0 Å². The fourth-order valence-corrected chi connectivity index (χ4v) is 1.45. The van der Waals surface area contributed by atoms with Gasteiger partial charge in [0.15, 0.2) is 0 Å². The van der Waals surface area contributed by atoms with E-state index in [2.05, 4.69) is 0 Å². The third-order valence-corrected chi connectivity index (χ3v) is 2.18. The summed E-state index contributed by atoms with van der Waals surface area (Å²) in [7, 11) is 0. The lowest BCUT2D eigenvalue weighted by Crippen LogP contribution is -2.39. The van der Waals surface area contributed by atoms with Gasteiger partial charge in [0.05, 0.1) is 0 Å². The Labute approximate surface area is 62.2 Å². The fraction of sp³-hybridized carbons (Fsp3) is 0.875. The molecule has 0 aliphatic carbocycles. The van der Waals surface area contributed by atoms with Gasteiger partial charge in [0.25, 0.3) is 0 Å². The highest BCUT2D eigenvalue weighted by molar-refractivity contribution is 5.79. The predicted octanol–water partition coefficient (Wildman–Crippen LogP) is 1.26. The lowest BCUT2D eigenvalue weighted by molar-refractivity contribution is -0.137. The van der Waals surface area contributed by atoms with Crippen LogP contribution in [0.25, 0.3) is 0 Å². The number of hydrogen-bond donors (Lipinski definition) is 0. The number of amides is 1. The molecule has 58 valence electrons. The second-order valence-electron chi connectivity index (χ2n) is 2.96. The molecule has 2 heteroatoms. The molecule has 10 heavy (non-hydrogen) atoms. The minimum absolute atomic E-state index is 0.272. The van der Waals surface area contributed by atoms with Gasteiger partial charge in [0.1, 0.15) is 0 Å². The van der Waals surface area contributed by atoms with Crippen LogP contribution in [-0.4, -0.2) is 23.9 Å². The fourth-order valence-electron chi connectivity index (χ4n) is 1.45. The highest BCUT2D eigenvalue weighted by Gasteiger charge is 2.22. The van der Waals surface area contributed by atoms with Crippen molar-refractivity contribution >= 4 is 5.91 Å². The van der Waals surface area contributed by atoms with Crippen LogP contribution >= 0.6 is 0 Å². The summed E-state index contributed by atoms with van der Waals surface area (Å²) in [5.74, 6) is 0.613. The van der Waals surface area contributed by atoms with Crippen LogP contribution < -0.4 is 0 Å². The normalized spacial score (nSPS) is 27.2. The molecule has 2 nitrogen and oxygen atoms in total. The van der Waals surface area contributed by atoms with E-state index in [9.17, 15) is 4.79 Å². The maximum atomic E-state index is 11.3. The van der Waals surface area contributed by atoms with E-state index in [4.69, 9.17) is 0 Å². The Morgan fingerprint density at radius 3 is 2.90 bits per heavy atom. The molecule has 0 aromatic rings. The van der Waals surface area contributed by atoms with E-state index in [1.165, 1.54) is 6.42 Å². The van der Waals surface area contributed by atoms with Gasteiger partial charge in [-0.2, -0.15) is 0 Å². The number of carbonyl (C=O) groups is 1. The molecule has 1 heterocycles. The van der Waals surface area contributed by atoms with Crippen LogP contribution in [0, 0.1) is 5.92 Å². The van der Waals surface area contributed by atoms with Crippen LogP contribution in [0.3, 0.4) is 0 Å². The number of carbonyl (C=O) groups excluding carboxylic acids is 1. The highest BCUT2D eigenvalue weighted by atomic mass is 16.2. The van der Waals surface area contributed by atoms with Gasteiger partial charge in [-0.1, -0.05) is 6.92 Å². The van der Waals surface area contributed by atoms with E-state index in [0.717, 1.165) is 19.5 Å². The van der Waals surface area contributed by atoms with Crippen molar-refractivity contribution < 1.29 is 4.79 Å². The van der Waals surface area contributed by atoms with Gasteiger partial charge in [-0.05, 0) is 19.8 Å². The summed E-state index contributed by atoms with van der Waals surface area (Å²) in [4.78, 5) is 13.2. The SMILES string of the molecule is CCN1CCC[C@H](C)C1=O. The first-order chi connectivity index (χ1) is 4.75. The third-order valence-electron chi connectivity index (χ3n) is 2.18.